The van der Waals surface area contributed by atoms with Crippen molar-refractivity contribution in [2.45, 2.75) is 6.42 Å². The molecule has 0 aliphatic heterocycles. The van der Waals surface area contributed by atoms with E-state index in [1.165, 1.54) is 6.07 Å². The van der Waals surface area contributed by atoms with Crippen molar-refractivity contribution in [2.75, 3.05) is 0 Å². The maximum Gasteiger partial charge on any atom is 0.188 e. The van der Waals surface area contributed by atoms with Crippen LogP contribution in [-0.2, 0) is 13.5 Å². The van der Waals surface area contributed by atoms with E-state index in [0.29, 0.717) is 5.69 Å². The van der Waals surface area contributed by atoms with Crippen LogP contribution in [0.2, 0.25) is 0 Å². The molecule has 106 valence electrons. The molecule has 0 amide bonds. The summed E-state index contributed by atoms with van der Waals surface area (Å²) in [5.74, 6) is -1.67. The van der Waals surface area contributed by atoms with Crippen LogP contribution in [-0.4, -0.2) is 15.6 Å². The smallest absolute Gasteiger partial charge is 0.188 e. The lowest BCUT2D eigenvalue weighted by atomic mass is 10.0. The van der Waals surface area contributed by atoms with Gasteiger partial charge in [0.1, 0.15) is 17.3 Å². The lowest BCUT2D eigenvalue weighted by molar-refractivity contribution is 0.0988. The van der Waals surface area contributed by atoms with Gasteiger partial charge in [-0.3, -0.25) is 9.48 Å². The number of carbonyl (C=O) groups is 1. The van der Waals surface area contributed by atoms with Gasteiger partial charge in [-0.2, -0.15) is 5.10 Å². The van der Waals surface area contributed by atoms with Crippen LogP contribution >= 0.6 is 0 Å². The highest BCUT2D eigenvalue weighted by Crippen LogP contribution is 2.20. The molecule has 0 saturated heterocycles. The third-order valence-electron chi connectivity index (χ3n) is 3.39. The minimum atomic E-state index is -0.719. The second-order valence-corrected chi connectivity index (χ2v) is 4.83. The number of halogens is 2. The zero-order chi connectivity index (χ0) is 15.0. The van der Waals surface area contributed by atoms with Gasteiger partial charge in [-0.05, 0) is 17.7 Å². The minimum absolute atomic E-state index is 0.146. The summed E-state index contributed by atoms with van der Waals surface area (Å²) in [5, 5.41) is 4.93. The second kappa shape index (κ2) is 5.09. The SMILES string of the molecule is Cn1nc(C(=O)Cc2ccc(F)cc2F)c2ccccc21. The van der Waals surface area contributed by atoms with E-state index in [1.54, 1.807) is 17.8 Å². The zero-order valence-corrected chi connectivity index (χ0v) is 11.3. The summed E-state index contributed by atoms with van der Waals surface area (Å²) in [4.78, 5) is 12.3. The molecule has 3 rings (SSSR count). The van der Waals surface area contributed by atoms with Crippen molar-refractivity contribution in [2.24, 2.45) is 7.05 Å². The highest BCUT2D eigenvalue weighted by atomic mass is 19.1. The molecule has 1 heterocycles. The first-order valence-corrected chi connectivity index (χ1v) is 6.45. The van der Waals surface area contributed by atoms with E-state index in [2.05, 4.69) is 5.10 Å². The number of nitrogens with zero attached hydrogens (tertiary/aromatic N) is 2. The number of ketones is 1. The molecule has 2 aromatic carbocycles. The number of Topliss-reactive ketones (excluding diaryl/α,β-unsaturated/α-hetero) is 1. The van der Waals surface area contributed by atoms with Crippen molar-refractivity contribution >= 4 is 16.7 Å². The number of aromatic nitrogens is 2. The first kappa shape index (κ1) is 13.4. The van der Waals surface area contributed by atoms with Crippen LogP contribution in [0.3, 0.4) is 0 Å². The number of carbonyl (C=O) groups excluding carboxylic acids is 1. The molecule has 5 heteroatoms. The molecule has 0 aliphatic carbocycles. The van der Waals surface area contributed by atoms with Gasteiger partial charge in [-0.1, -0.05) is 24.3 Å². The zero-order valence-electron chi connectivity index (χ0n) is 11.3. The molecule has 3 aromatic rings. The number of para-hydroxylation sites is 1. The van der Waals surface area contributed by atoms with Crippen molar-refractivity contribution in [1.29, 1.82) is 0 Å². The van der Waals surface area contributed by atoms with Gasteiger partial charge in [0.05, 0.1) is 5.52 Å². The predicted molar refractivity (Wildman–Crippen MR) is 75.1 cm³/mol. The lowest BCUT2D eigenvalue weighted by Gasteiger charge is -2.01. The number of hydrogen-bond acceptors (Lipinski definition) is 2. The van der Waals surface area contributed by atoms with Gasteiger partial charge in [-0.15, -0.1) is 0 Å². The van der Waals surface area contributed by atoms with E-state index in [0.717, 1.165) is 23.0 Å². The number of hydrogen-bond donors (Lipinski definition) is 0. The minimum Gasteiger partial charge on any atom is -0.292 e. The van der Waals surface area contributed by atoms with Crippen molar-refractivity contribution in [3.05, 3.63) is 65.4 Å². The van der Waals surface area contributed by atoms with Gasteiger partial charge < -0.3 is 0 Å². The molecule has 0 bridgehead atoms. The highest BCUT2D eigenvalue weighted by molar-refractivity contribution is 6.06. The molecule has 21 heavy (non-hydrogen) atoms. The topological polar surface area (TPSA) is 34.9 Å². The summed E-state index contributed by atoms with van der Waals surface area (Å²) >= 11 is 0. The molecule has 0 aliphatic rings. The molecule has 0 unspecified atom stereocenters. The van der Waals surface area contributed by atoms with Gasteiger partial charge in [0.2, 0.25) is 0 Å². The Balaban J connectivity index is 1.98. The maximum atomic E-state index is 13.6. The van der Waals surface area contributed by atoms with E-state index in [-0.39, 0.29) is 17.8 Å². The summed E-state index contributed by atoms with van der Waals surface area (Å²) in [6.07, 6.45) is -0.146. The summed E-state index contributed by atoms with van der Waals surface area (Å²) < 4.78 is 28.1. The fourth-order valence-corrected chi connectivity index (χ4v) is 2.34. The molecule has 0 radical (unpaired) electrons. The van der Waals surface area contributed by atoms with Gasteiger partial charge in [0, 0.05) is 24.9 Å². The summed E-state index contributed by atoms with van der Waals surface area (Å²) in [7, 11) is 1.75. The molecule has 0 N–H and O–H groups in total. The van der Waals surface area contributed by atoms with Crippen LogP contribution in [0.5, 0.6) is 0 Å². The normalized spacial score (nSPS) is 11.0. The number of rotatable bonds is 3. The molecule has 0 spiro atoms. The Hall–Kier alpha value is -2.56. The summed E-state index contributed by atoms with van der Waals surface area (Å²) in [5.41, 5.74) is 1.30. The average molecular weight is 286 g/mol. The second-order valence-electron chi connectivity index (χ2n) is 4.83. The Morgan fingerprint density at radius 3 is 2.71 bits per heavy atom. The molecule has 0 saturated carbocycles. The van der Waals surface area contributed by atoms with Crippen LogP contribution in [0, 0.1) is 11.6 Å². The van der Waals surface area contributed by atoms with Crippen molar-refractivity contribution in [3.8, 4) is 0 Å². The van der Waals surface area contributed by atoms with E-state index < -0.39 is 11.6 Å². The van der Waals surface area contributed by atoms with Gasteiger partial charge in [0.15, 0.2) is 5.78 Å². The largest absolute Gasteiger partial charge is 0.292 e. The van der Waals surface area contributed by atoms with E-state index in [1.807, 2.05) is 18.2 Å². The van der Waals surface area contributed by atoms with Crippen LogP contribution in [0.1, 0.15) is 16.1 Å². The number of benzene rings is 2. The monoisotopic (exact) mass is 286 g/mol. The Morgan fingerprint density at radius 2 is 1.95 bits per heavy atom. The van der Waals surface area contributed by atoms with E-state index in [4.69, 9.17) is 0 Å². The fraction of sp³-hybridized carbons (Fsp3) is 0.125. The van der Waals surface area contributed by atoms with Crippen molar-refractivity contribution in [1.82, 2.24) is 9.78 Å². The average Bonchev–Trinajstić information content (AvgIpc) is 2.80. The highest BCUT2D eigenvalue weighted by Gasteiger charge is 2.17. The van der Waals surface area contributed by atoms with E-state index >= 15 is 0 Å². The van der Waals surface area contributed by atoms with Crippen molar-refractivity contribution < 1.29 is 13.6 Å². The Bertz CT molecular complexity index is 839. The van der Waals surface area contributed by atoms with Gasteiger partial charge >= 0.3 is 0 Å². The Kier molecular flexibility index (Phi) is 3.25. The van der Waals surface area contributed by atoms with Crippen molar-refractivity contribution in [3.63, 3.8) is 0 Å². The molecule has 1 aromatic heterocycles. The summed E-state index contributed by atoms with van der Waals surface area (Å²) in [6, 6.07) is 10.5. The molecule has 3 nitrogen and oxygen atoms in total. The Morgan fingerprint density at radius 1 is 1.19 bits per heavy atom. The Labute approximate surface area is 119 Å². The van der Waals surface area contributed by atoms with Crippen LogP contribution in [0.15, 0.2) is 42.5 Å². The first-order chi connectivity index (χ1) is 10.1. The third kappa shape index (κ3) is 2.42. The maximum absolute atomic E-state index is 13.6. The number of aryl methyl sites for hydroxylation is 1. The lowest BCUT2D eigenvalue weighted by Crippen LogP contribution is -2.07. The first-order valence-electron chi connectivity index (χ1n) is 6.45. The summed E-state index contributed by atoms with van der Waals surface area (Å²) in [6.45, 7) is 0. The quantitative estimate of drug-likeness (QED) is 0.693. The molecule has 0 fully saturated rings. The molecular formula is C16H12F2N2O. The molecule has 0 atom stereocenters. The van der Waals surface area contributed by atoms with Crippen LogP contribution in [0.4, 0.5) is 8.78 Å². The van der Waals surface area contributed by atoms with Gasteiger partial charge in [-0.25, -0.2) is 8.78 Å². The number of fused-ring (bicyclic) bond motifs is 1. The standard InChI is InChI=1S/C16H12F2N2O/c1-20-14-5-3-2-4-12(14)16(19-20)15(21)8-10-6-7-11(17)9-13(10)18/h2-7,9H,8H2,1H3. The molecular weight excluding hydrogens is 274 g/mol. The van der Waals surface area contributed by atoms with E-state index in [9.17, 15) is 13.6 Å². The fourth-order valence-electron chi connectivity index (χ4n) is 2.34. The van der Waals surface area contributed by atoms with Crippen LogP contribution < -0.4 is 0 Å². The van der Waals surface area contributed by atoms with Gasteiger partial charge in [0.25, 0.3) is 0 Å². The third-order valence-corrected chi connectivity index (χ3v) is 3.39. The van der Waals surface area contributed by atoms with Crippen LogP contribution in [0.25, 0.3) is 10.9 Å². The predicted octanol–water partition coefficient (Wildman–Crippen LogP) is 3.28.